The molecule has 62 valence electrons. The van der Waals surface area contributed by atoms with Crippen molar-refractivity contribution in [1.82, 2.24) is 0 Å². The second-order valence-corrected chi connectivity index (χ2v) is 3.17. The van der Waals surface area contributed by atoms with Crippen molar-refractivity contribution in [1.29, 1.82) is 0 Å². The van der Waals surface area contributed by atoms with E-state index >= 15 is 0 Å². The number of aliphatic hydroxyl groups excluding tert-OH is 1. The lowest BCUT2D eigenvalue weighted by molar-refractivity contribution is -0.119. The van der Waals surface area contributed by atoms with Crippen LogP contribution in [0.25, 0.3) is 0 Å². The Labute approximate surface area is 69.3 Å². The minimum absolute atomic E-state index is 0.00778. The Hall–Kier alpha value is -0.380. The third-order valence-electron chi connectivity index (χ3n) is 1.81. The molecule has 0 aliphatic heterocycles. The van der Waals surface area contributed by atoms with E-state index in [1.54, 1.807) is 0 Å². The van der Waals surface area contributed by atoms with Crippen LogP contribution in [0.1, 0.15) is 13.3 Å². The molecule has 0 aromatic rings. The van der Waals surface area contributed by atoms with Gasteiger partial charge < -0.3 is 10.2 Å². The van der Waals surface area contributed by atoms with Crippen molar-refractivity contribution in [3.05, 3.63) is 11.1 Å². The molecule has 2 N–H and O–H groups in total. The van der Waals surface area contributed by atoms with Crippen molar-refractivity contribution in [2.45, 2.75) is 25.0 Å². The van der Waals surface area contributed by atoms with E-state index in [9.17, 15) is 9.90 Å². The van der Waals surface area contributed by atoms with E-state index in [-0.39, 0.29) is 17.2 Å². The monoisotopic (exact) mass is 176 g/mol. The number of ketones is 1. The van der Waals surface area contributed by atoms with Crippen molar-refractivity contribution in [2.75, 3.05) is 0 Å². The minimum atomic E-state index is -1.45. The first kappa shape index (κ1) is 8.71. The molecule has 2 atom stereocenters. The van der Waals surface area contributed by atoms with Gasteiger partial charge in [0.15, 0.2) is 5.78 Å². The van der Waals surface area contributed by atoms with Crippen LogP contribution in [-0.4, -0.2) is 27.7 Å². The standard InChI is InChI=1S/C7H9ClO3/c1-4(9)7(11)2-5(8)6(10)3-7/h2,4,9,11H,3H2,1H3. The van der Waals surface area contributed by atoms with Crippen molar-refractivity contribution in [3.63, 3.8) is 0 Å². The number of hydrogen-bond acceptors (Lipinski definition) is 3. The summed E-state index contributed by atoms with van der Waals surface area (Å²) in [6, 6.07) is 0. The Morgan fingerprint density at radius 1 is 1.82 bits per heavy atom. The van der Waals surface area contributed by atoms with Gasteiger partial charge in [0.2, 0.25) is 0 Å². The topological polar surface area (TPSA) is 57.5 Å². The molecule has 0 aromatic carbocycles. The highest BCUT2D eigenvalue weighted by molar-refractivity contribution is 6.43. The number of halogens is 1. The van der Waals surface area contributed by atoms with E-state index in [1.807, 2.05) is 0 Å². The van der Waals surface area contributed by atoms with Crippen LogP contribution in [0.2, 0.25) is 0 Å². The molecular weight excluding hydrogens is 168 g/mol. The molecule has 3 nitrogen and oxygen atoms in total. The van der Waals surface area contributed by atoms with E-state index < -0.39 is 11.7 Å². The fourth-order valence-corrected chi connectivity index (χ4v) is 1.22. The SMILES string of the molecule is CC(O)C1(O)C=C(Cl)C(=O)C1. The molecule has 0 amide bonds. The zero-order chi connectivity index (χ0) is 8.65. The molecule has 0 radical (unpaired) electrons. The summed E-state index contributed by atoms with van der Waals surface area (Å²) in [7, 11) is 0. The molecule has 0 fully saturated rings. The van der Waals surface area contributed by atoms with Crippen LogP contribution in [0, 0.1) is 0 Å². The third kappa shape index (κ3) is 1.45. The van der Waals surface area contributed by atoms with Gasteiger partial charge in [-0.3, -0.25) is 4.79 Å². The van der Waals surface area contributed by atoms with Crippen LogP contribution in [0.5, 0.6) is 0 Å². The number of Topliss-reactive ketones (excluding diaryl/α,β-unsaturated/α-hetero) is 1. The summed E-state index contributed by atoms with van der Waals surface area (Å²) in [4.78, 5) is 10.8. The van der Waals surface area contributed by atoms with Crippen LogP contribution in [0.3, 0.4) is 0 Å². The molecule has 0 heterocycles. The summed E-state index contributed by atoms with van der Waals surface area (Å²) < 4.78 is 0. The highest BCUT2D eigenvalue weighted by atomic mass is 35.5. The van der Waals surface area contributed by atoms with Crippen molar-refractivity contribution in [3.8, 4) is 0 Å². The molecule has 1 aliphatic carbocycles. The van der Waals surface area contributed by atoms with E-state index in [0.29, 0.717) is 0 Å². The maximum atomic E-state index is 10.8. The lowest BCUT2D eigenvalue weighted by atomic mass is 9.98. The molecule has 0 bridgehead atoms. The molecule has 4 heteroatoms. The van der Waals surface area contributed by atoms with Gasteiger partial charge in [-0.1, -0.05) is 11.6 Å². The van der Waals surface area contributed by atoms with Crippen molar-refractivity contribution < 1.29 is 15.0 Å². The Balaban J connectivity index is 2.88. The maximum absolute atomic E-state index is 10.8. The molecule has 0 spiro atoms. The van der Waals surface area contributed by atoms with Crippen LogP contribution >= 0.6 is 11.6 Å². The van der Waals surface area contributed by atoms with Gasteiger partial charge >= 0.3 is 0 Å². The van der Waals surface area contributed by atoms with E-state index in [0.717, 1.165) is 0 Å². The second kappa shape index (κ2) is 2.59. The predicted octanol–water partition coefficient (Wildman–Crippen LogP) is 0.194. The predicted molar refractivity (Wildman–Crippen MR) is 40.2 cm³/mol. The summed E-state index contributed by atoms with van der Waals surface area (Å²) in [6.07, 6.45) is 0.105. The number of allylic oxidation sites excluding steroid dienone is 1. The summed E-state index contributed by atoms with van der Waals surface area (Å²) in [5.41, 5.74) is -1.45. The van der Waals surface area contributed by atoms with Gasteiger partial charge in [0.05, 0.1) is 11.1 Å². The smallest absolute Gasteiger partial charge is 0.177 e. The van der Waals surface area contributed by atoms with Gasteiger partial charge in [-0.2, -0.15) is 0 Å². The molecule has 0 saturated heterocycles. The molecule has 1 rings (SSSR count). The van der Waals surface area contributed by atoms with Gasteiger partial charge in [0.1, 0.15) is 5.60 Å². The van der Waals surface area contributed by atoms with Crippen molar-refractivity contribution >= 4 is 17.4 Å². The Morgan fingerprint density at radius 2 is 2.36 bits per heavy atom. The summed E-state index contributed by atoms with van der Waals surface area (Å²) >= 11 is 5.43. The Morgan fingerprint density at radius 3 is 2.55 bits per heavy atom. The molecular formula is C7H9ClO3. The summed E-state index contributed by atoms with van der Waals surface area (Å²) in [6.45, 7) is 1.42. The average molecular weight is 177 g/mol. The first-order valence-corrected chi connectivity index (χ1v) is 3.65. The molecule has 2 unspecified atom stereocenters. The van der Waals surface area contributed by atoms with Crippen LogP contribution in [0.4, 0.5) is 0 Å². The molecule has 0 aromatic heterocycles. The lowest BCUT2D eigenvalue weighted by Crippen LogP contribution is -2.37. The lowest BCUT2D eigenvalue weighted by Gasteiger charge is -2.22. The minimum Gasteiger partial charge on any atom is -0.390 e. The second-order valence-electron chi connectivity index (χ2n) is 2.76. The van der Waals surface area contributed by atoms with Crippen LogP contribution in [-0.2, 0) is 4.79 Å². The molecule has 1 aliphatic rings. The highest BCUT2D eigenvalue weighted by Gasteiger charge is 2.39. The highest BCUT2D eigenvalue weighted by Crippen LogP contribution is 2.29. The normalized spacial score (nSPS) is 33.8. The van der Waals surface area contributed by atoms with E-state index in [2.05, 4.69) is 0 Å². The number of rotatable bonds is 1. The van der Waals surface area contributed by atoms with E-state index in [4.69, 9.17) is 16.7 Å². The van der Waals surface area contributed by atoms with Gasteiger partial charge in [-0.15, -0.1) is 0 Å². The van der Waals surface area contributed by atoms with Crippen LogP contribution in [0.15, 0.2) is 11.1 Å². The molecule has 11 heavy (non-hydrogen) atoms. The van der Waals surface area contributed by atoms with Gasteiger partial charge in [0, 0.05) is 6.42 Å². The molecule has 0 saturated carbocycles. The number of carbonyl (C=O) groups excluding carboxylic acids is 1. The fourth-order valence-electron chi connectivity index (χ4n) is 0.961. The quantitative estimate of drug-likeness (QED) is 0.600. The number of aliphatic hydroxyl groups is 2. The number of carbonyl (C=O) groups is 1. The van der Waals surface area contributed by atoms with Gasteiger partial charge in [-0.25, -0.2) is 0 Å². The van der Waals surface area contributed by atoms with Crippen LogP contribution < -0.4 is 0 Å². The summed E-state index contributed by atoms with van der Waals surface area (Å²) in [5.74, 6) is -0.324. The Kier molecular flexibility index (Phi) is 2.05. The van der Waals surface area contributed by atoms with Crippen molar-refractivity contribution in [2.24, 2.45) is 0 Å². The third-order valence-corrected chi connectivity index (χ3v) is 2.13. The summed E-state index contributed by atoms with van der Waals surface area (Å²) in [5, 5.41) is 18.5. The Bertz CT molecular complexity index is 222. The first-order valence-electron chi connectivity index (χ1n) is 3.28. The fraction of sp³-hybridized carbons (Fsp3) is 0.571. The largest absolute Gasteiger partial charge is 0.390 e. The zero-order valence-electron chi connectivity index (χ0n) is 6.04. The first-order chi connectivity index (χ1) is 4.96. The van der Waals surface area contributed by atoms with Gasteiger partial charge in [0.25, 0.3) is 0 Å². The van der Waals surface area contributed by atoms with E-state index in [1.165, 1.54) is 13.0 Å². The number of hydrogen-bond donors (Lipinski definition) is 2. The zero-order valence-corrected chi connectivity index (χ0v) is 6.80. The van der Waals surface area contributed by atoms with Gasteiger partial charge in [-0.05, 0) is 13.0 Å². The maximum Gasteiger partial charge on any atom is 0.177 e. The average Bonchev–Trinajstić information content (AvgIpc) is 2.09.